The molecule has 2 aliphatic rings. The molecule has 1 heterocycles. The van der Waals surface area contributed by atoms with E-state index in [1.54, 1.807) is 23.1 Å². The molecule has 1 saturated heterocycles. The van der Waals surface area contributed by atoms with Crippen molar-refractivity contribution in [1.82, 2.24) is 10.2 Å². The molecule has 0 bridgehead atoms. The predicted octanol–water partition coefficient (Wildman–Crippen LogP) is 2.57. The Morgan fingerprint density at radius 1 is 1.21 bits per heavy atom. The lowest BCUT2D eigenvalue weighted by Crippen LogP contribution is -2.50. The molecule has 1 saturated carbocycles. The van der Waals surface area contributed by atoms with Crippen LogP contribution in [0.1, 0.15) is 42.5 Å². The van der Waals surface area contributed by atoms with E-state index in [1.165, 1.54) is 0 Å². The highest BCUT2D eigenvalue weighted by Gasteiger charge is 2.33. The summed E-state index contributed by atoms with van der Waals surface area (Å²) in [5.41, 5.74) is 0.334. The summed E-state index contributed by atoms with van der Waals surface area (Å²) in [5.74, 6) is -0.348. The van der Waals surface area contributed by atoms with Crippen LogP contribution in [0.3, 0.4) is 0 Å². The molecule has 1 aliphatic carbocycles. The van der Waals surface area contributed by atoms with E-state index < -0.39 is 5.54 Å². The summed E-state index contributed by atoms with van der Waals surface area (Å²) in [6, 6.07) is 7.31. The molecule has 1 aromatic carbocycles. The third kappa shape index (κ3) is 4.94. The molecule has 150 valence electrons. The van der Waals surface area contributed by atoms with Gasteiger partial charge in [0.15, 0.2) is 0 Å². The Morgan fingerprint density at radius 2 is 1.93 bits per heavy atom. The fraction of sp³-hybridized carbons (Fsp3) is 0.550. The molecular formula is C20H25ClN4O3. The van der Waals surface area contributed by atoms with E-state index in [0.717, 1.165) is 19.3 Å². The molecule has 8 heteroatoms. The van der Waals surface area contributed by atoms with Crippen LogP contribution in [0.25, 0.3) is 0 Å². The molecule has 2 N–H and O–H groups in total. The number of carbonyl (C=O) groups is 2. The summed E-state index contributed by atoms with van der Waals surface area (Å²) in [4.78, 5) is 26.6. The average Bonchev–Trinajstić information content (AvgIpc) is 2.73. The first kappa shape index (κ1) is 20.4. The first-order valence-corrected chi connectivity index (χ1v) is 10.0. The highest BCUT2D eigenvalue weighted by Crippen LogP contribution is 2.27. The maximum atomic E-state index is 12.6. The molecule has 1 aliphatic heterocycles. The fourth-order valence-corrected chi connectivity index (χ4v) is 3.91. The number of rotatable bonds is 5. The molecule has 0 unspecified atom stereocenters. The number of halogens is 1. The van der Waals surface area contributed by atoms with Crippen LogP contribution in [0.4, 0.5) is 5.69 Å². The van der Waals surface area contributed by atoms with Crippen LogP contribution in [0.2, 0.25) is 5.02 Å². The van der Waals surface area contributed by atoms with Gasteiger partial charge in [0.25, 0.3) is 5.91 Å². The van der Waals surface area contributed by atoms with Gasteiger partial charge in [-0.25, -0.2) is 0 Å². The van der Waals surface area contributed by atoms with Gasteiger partial charge in [0.05, 0.1) is 36.4 Å². The molecule has 0 spiro atoms. The molecule has 0 aromatic heterocycles. The largest absolute Gasteiger partial charge is 0.378 e. The highest BCUT2D eigenvalue weighted by atomic mass is 35.5. The second-order valence-electron chi connectivity index (χ2n) is 7.26. The van der Waals surface area contributed by atoms with E-state index in [9.17, 15) is 14.9 Å². The van der Waals surface area contributed by atoms with Crippen molar-refractivity contribution in [2.24, 2.45) is 0 Å². The quantitative estimate of drug-likeness (QED) is 0.786. The number of hydrogen-bond donors (Lipinski definition) is 2. The number of nitrogens with one attached hydrogen (secondary N) is 2. The van der Waals surface area contributed by atoms with E-state index in [2.05, 4.69) is 16.7 Å². The summed E-state index contributed by atoms with van der Waals surface area (Å²) < 4.78 is 5.26. The van der Waals surface area contributed by atoms with Gasteiger partial charge < -0.3 is 20.3 Å². The first-order chi connectivity index (χ1) is 13.5. The number of ether oxygens (including phenoxy) is 1. The smallest absolute Gasteiger partial charge is 0.255 e. The van der Waals surface area contributed by atoms with Gasteiger partial charge >= 0.3 is 0 Å². The van der Waals surface area contributed by atoms with Gasteiger partial charge in [-0.2, -0.15) is 5.26 Å². The van der Waals surface area contributed by atoms with Gasteiger partial charge in [0.1, 0.15) is 5.54 Å². The van der Waals surface area contributed by atoms with Crippen molar-refractivity contribution < 1.29 is 14.3 Å². The van der Waals surface area contributed by atoms with Crippen molar-refractivity contribution in [3.05, 3.63) is 28.8 Å². The molecule has 3 rings (SSSR count). The number of carbonyl (C=O) groups excluding carboxylic acids is 2. The van der Waals surface area contributed by atoms with Crippen LogP contribution >= 0.6 is 11.6 Å². The minimum atomic E-state index is -0.747. The van der Waals surface area contributed by atoms with Crippen LogP contribution in [0.5, 0.6) is 0 Å². The lowest BCUT2D eigenvalue weighted by atomic mass is 9.83. The monoisotopic (exact) mass is 404 g/mol. The van der Waals surface area contributed by atoms with Gasteiger partial charge in [0, 0.05) is 18.8 Å². The maximum absolute atomic E-state index is 12.6. The van der Waals surface area contributed by atoms with E-state index in [0.29, 0.717) is 55.4 Å². The van der Waals surface area contributed by atoms with E-state index in [1.807, 2.05) is 0 Å². The number of benzene rings is 1. The third-order valence-electron chi connectivity index (χ3n) is 5.25. The normalized spacial score (nSPS) is 18.8. The van der Waals surface area contributed by atoms with Gasteiger partial charge in [-0.1, -0.05) is 30.9 Å². The van der Waals surface area contributed by atoms with Gasteiger partial charge in [-0.05, 0) is 31.0 Å². The minimum Gasteiger partial charge on any atom is -0.378 e. The number of anilines is 1. The minimum absolute atomic E-state index is 0.0382. The SMILES string of the molecule is N#CC1(NC(=O)CNc2ccc(C(=O)N3CCOCC3)c(Cl)c2)CCCCC1. The van der Waals surface area contributed by atoms with E-state index in [4.69, 9.17) is 16.3 Å². The Bertz CT molecular complexity index is 765. The van der Waals surface area contributed by atoms with Crippen molar-refractivity contribution in [3.63, 3.8) is 0 Å². The number of hydrogen-bond acceptors (Lipinski definition) is 5. The Kier molecular flexibility index (Phi) is 6.76. The average molecular weight is 405 g/mol. The number of nitrogens with zero attached hydrogens (tertiary/aromatic N) is 2. The number of morpholine rings is 1. The van der Waals surface area contributed by atoms with Gasteiger partial charge in [-0.15, -0.1) is 0 Å². The molecule has 2 amide bonds. The summed E-state index contributed by atoms with van der Waals surface area (Å²) in [5, 5.41) is 15.7. The van der Waals surface area contributed by atoms with Crippen molar-refractivity contribution >= 4 is 29.1 Å². The van der Waals surface area contributed by atoms with Crippen molar-refractivity contribution in [2.45, 2.75) is 37.6 Å². The zero-order valence-corrected chi connectivity index (χ0v) is 16.6. The van der Waals surface area contributed by atoms with Crippen LogP contribution in [0, 0.1) is 11.3 Å². The second kappa shape index (κ2) is 9.26. The van der Waals surface area contributed by atoms with E-state index in [-0.39, 0.29) is 18.4 Å². The fourth-order valence-electron chi connectivity index (χ4n) is 3.65. The molecule has 0 atom stereocenters. The molecule has 0 radical (unpaired) electrons. The van der Waals surface area contributed by atoms with Crippen LogP contribution < -0.4 is 10.6 Å². The third-order valence-corrected chi connectivity index (χ3v) is 5.56. The van der Waals surface area contributed by atoms with E-state index >= 15 is 0 Å². The zero-order valence-electron chi connectivity index (χ0n) is 15.8. The Morgan fingerprint density at radius 3 is 2.57 bits per heavy atom. The summed E-state index contributed by atoms with van der Waals surface area (Å²) in [7, 11) is 0. The van der Waals surface area contributed by atoms with Gasteiger partial charge in [0.2, 0.25) is 5.91 Å². The standard InChI is InChI=1S/C20H25ClN4O3/c21-17-12-15(4-5-16(17)19(27)25-8-10-28-11-9-25)23-13-18(26)24-20(14-22)6-2-1-3-7-20/h4-5,12,23H,1-3,6-11,13H2,(H,24,26). The van der Waals surface area contributed by atoms with Crippen molar-refractivity contribution in [3.8, 4) is 6.07 Å². The Balaban J connectivity index is 1.56. The lowest BCUT2D eigenvalue weighted by Gasteiger charge is -2.31. The number of amides is 2. The zero-order chi connectivity index (χ0) is 20.0. The summed E-state index contributed by atoms with van der Waals surface area (Å²) in [6.45, 7) is 2.20. The van der Waals surface area contributed by atoms with Crippen molar-refractivity contribution in [2.75, 3.05) is 38.2 Å². The van der Waals surface area contributed by atoms with Crippen LogP contribution in [-0.4, -0.2) is 55.1 Å². The highest BCUT2D eigenvalue weighted by molar-refractivity contribution is 6.34. The first-order valence-electron chi connectivity index (χ1n) is 9.66. The molecule has 7 nitrogen and oxygen atoms in total. The number of nitriles is 1. The van der Waals surface area contributed by atoms with Gasteiger partial charge in [-0.3, -0.25) is 9.59 Å². The summed E-state index contributed by atoms with van der Waals surface area (Å²) in [6.07, 6.45) is 4.40. The Labute approximate surface area is 170 Å². The second-order valence-corrected chi connectivity index (χ2v) is 7.66. The van der Waals surface area contributed by atoms with Crippen LogP contribution in [-0.2, 0) is 9.53 Å². The maximum Gasteiger partial charge on any atom is 0.255 e. The van der Waals surface area contributed by atoms with Crippen LogP contribution in [0.15, 0.2) is 18.2 Å². The Hall–Kier alpha value is -2.30. The summed E-state index contributed by atoms with van der Waals surface area (Å²) >= 11 is 6.30. The molecular weight excluding hydrogens is 380 g/mol. The lowest BCUT2D eigenvalue weighted by molar-refractivity contribution is -0.121. The topological polar surface area (TPSA) is 94.5 Å². The molecule has 1 aromatic rings. The predicted molar refractivity (Wildman–Crippen MR) is 106 cm³/mol. The molecule has 28 heavy (non-hydrogen) atoms. The molecule has 2 fully saturated rings. The van der Waals surface area contributed by atoms with Crippen molar-refractivity contribution in [1.29, 1.82) is 5.26 Å².